The van der Waals surface area contributed by atoms with Gasteiger partial charge in [0.15, 0.2) is 0 Å². The molecule has 1 aliphatic rings. The normalized spacial score (nSPS) is 15.0. The summed E-state index contributed by atoms with van der Waals surface area (Å²) in [6.45, 7) is 7.47. The summed E-state index contributed by atoms with van der Waals surface area (Å²) in [5, 5.41) is 18.7. The van der Waals surface area contributed by atoms with Gasteiger partial charge < -0.3 is 5.73 Å². The van der Waals surface area contributed by atoms with E-state index in [-0.39, 0.29) is 11.7 Å². The fourth-order valence-corrected chi connectivity index (χ4v) is 5.06. The number of nitrogens with one attached hydrogen (secondary N) is 2. The van der Waals surface area contributed by atoms with Crippen LogP contribution in [-0.2, 0) is 0 Å². The Labute approximate surface area is 207 Å². The molecule has 8 heteroatoms. The monoisotopic (exact) mass is 486 g/mol. The number of nitrogens with zero attached hydrogens (tertiary/aromatic N) is 3. The molecule has 0 amide bonds. The lowest BCUT2D eigenvalue weighted by molar-refractivity contribution is 0.822. The van der Waals surface area contributed by atoms with Gasteiger partial charge in [-0.2, -0.15) is 0 Å². The van der Waals surface area contributed by atoms with Gasteiger partial charge in [0.2, 0.25) is 0 Å². The topological polar surface area (TPSA) is 102 Å². The van der Waals surface area contributed by atoms with E-state index >= 15 is 0 Å². The number of fused-ring (bicyclic) bond motifs is 1. The number of aliphatic imine (C=N–C) groups is 1. The molecule has 0 bridgehead atoms. The van der Waals surface area contributed by atoms with E-state index in [4.69, 9.17) is 33.1 Å². The first kappa shape index (κ1) is 23.4. The summed E-state index contributed by atoms with van der Waals surface area (Å²) in [7, 11) is 0. The number of benzene rings is 1. The van der Waals surface area contributed by atoms with Crippen molar-refractivity contribution in [1.82, 2.24) is 4.98 Å². The first-order chi connectivity index (χ1) is 16.3. The SMILES string of the molecule is C=C(N)C[C@@H]1N=C(c2ccc(Cl)cc2)c2c(sc(C#Cc3ccccn3)c2C)N(C(C)=N)C1=N. The van der Waals surface area contributed by atoms with Crippen molar-refractivity contribution in [3.63, 3.8) is 0 Å². The lowest BCUT2D eigenvalue weighted by Crippen LogP contribution is -2.40. The Hall–Kier alpha value is -3.73. The highest BCUT2D eigenvalue weighted by Gasteiger charge is 2.34. The number of pyridine rings is 1. The maximum absolute atomic E-state index is 8.92. The van der Waals surface area contributed by atoms with E-state index in [1.54, 1.807) is 18.0 Å². The highest BCUT2D eigenvalue weighted by atomic mass is 35.5. The number of hydrogen-bond donors (Lipinski definition) is 3. The van der Waals surface area contributed by atoms with E-state index < -0.39 is 6.04 Å². The molecule has 3 heterocycles. The molecule has 6 nitrogen and oxygen atoms in total. The second-order valence-corrected chi connectivity index (χ2v) is 9.31. The van der Waals surface area contributed by atoms with Crippen LogP contribution in [0, 0.1) is 29.6 Å². The lowest BCUT2D eigenvalue weighted by Gasteiger charge is -2.24. The predicted octanol–water partition coefficient (Wildman–Crippen LogP) is 5.37. The Morgan fingerprint density at radius 1 is 1.24 bits per heavy atom. The molecular weight excluding hydrogens is 464 g/mol. The maximum Gasteiger partial charge on any atom is 0.132 e. The van der Waals surface area contributed by atoms with E-state index in [1.165, 1.54) is 11.3 Å². The molecule has 0 unspecified atom stereocenters. The van der Waals surface area contributed by atoms with Crippen LogP contribution in [0.15, 0.2) is 65.9 Å². The summed E-state index contributed by atoms with van der Waals surface area (Å²) in [6.07, 6.45) is 2.01. The molecule has 3 aromatic rings. The number of aromatic nitrogens is 1. The number of thiophene rings is 1. The largest absolute Gasteiger partial charge is 0.402 e. The summed E-state index contributed by atoms with van der Waals surface area (Å²) < 4.78 is 0. The van der Waals surface area contributed by atoms with Crippen LogP contribution in [0.4, 0.5) is 5.00 Å². The molecule has 2 aromatic heterocycles. The van der Waals surface area contributed by atoms with Gasteiger partial charge in [-0.05, 0) is 55.5 Å². The summed E-state index contributed by atoms with van der Waals surface area (Å²) in [5.74, 6) is 6.75. The van der Waals surface area contributed by atoms with Gasteiger partial charge in [-0.3, -0.25) is 20.7 Å². The Balaban J connectivity index is 1.96. The van der Waals surface area contributed by atoms with E-state index in [1.807, 2.05) is 49.4 Å². The number of amidine groups is 2. The zero-order chi connectivity index (χ0) is 24.4. The van der Waals surface area contributed by atoms with Crippen molar-refractivity contribution < 1.29 is 0 Å². The molecule has 0 radical (unpaired) electrons. The standard InChI is InChI=1S/C26H23ClN6S/c1-15(28)14-21-25(30)33(17(3)29)26-23(24(32-21)18-7-9-19(27)10-8-18)16(2)22(34-26)12-11-20-6-4-5-13-31-20/h4-10,13,21,29-30H,1,14,28H2,2-3H3/t21-/m0/s1. The highest BCUT2D eigenvalue weighted by molar-refractivity contribution is 7.17. The van der Waals surface area contributed by atoms with Crippen LogP contribution in [0.3, 0.4) is 0 Å². The van der Waals surface area contributed by atoms with Crippen molar-refractivity contribution in [1.29, 1.82) is 10.8 Å². The third-order valence-corrected chi connectivity index (χ3v) is 6.73. The predicted molar refractivity (Wildman–Crippen MR) is 142 cm³/mol. The molecule has 0 saturated carbocycles. The van der Waals surface area contributed by atoms with Gasteiger partial charge in [-0.1, -0.05) is 36.4 Å². The Morgan fingerprint density at radius 3 is 2.59 bits per heavy atom. The zero-order valence-electron chi connectivity index (χ0n) is 18.8. The minimum Gasteiger partial charge on any atom is -0.402 e. The van der Waals surface area contributed by atoms with Gasteiger partial charge in [0.05, 0.1) is 10.6 Å². The van der Waals surface area contributed by atoms with Crippen LogP contribution in [0.25, 0.3) is 0 Å². The molecule has 34 heavy (non-hydrogen) atoms. The fraction of sp³-hybridized carbons (Fsp3) is 0.154. The van der Waals surface area contributed by atoms with Crippen LogP contribution >= 0.6 is 22.9 Å². The molecule has 0 aliphatic carbocycles. The van der Waals surface area contributed by atoms with Gasteiger partial charge in [0.25, 0.3) is 0 Å². The van der Waals surface area contributed by atoms with Crippen molar-refractivity contribution in [3.05, 3.63) is 93.2 Å². The summed E-state index contributed by atoms with van der Waals surface area (Å²) in [6, 6.07) is 12.5. The second-order valence-electron chi connectivity index (χ2n) is 7.87. The van der Waals surface area contributed by atoms with E-state index in [0.29, 0.717) is 28.5 Å². The Bertz CT molecular complexity index is 1380. The quantitative estimate of drug-likeness (QED) is 0.263. The Morgan fingerprint density at radius 2 is 1.97 bits per heavy atom. The van der Waals surface area contributed by atoms with Crippen LogP contribution in [0.5, 0.6) is 0 Å². The third kappa shape index (κ3) is 4.65. The molecule has 170 valence electrons. The molecule has 0 fully saturated rings. The Kier molecular flexibility index (Phi) is 6.64. The molecule has 1 aliphatic heterocycles. The molecule has 1 atom stereocenters. The zero-order valence-corrected chi connectivity index (χ0v) is 20.4. The lowest BCUT2D eigenvalue weighted by atomic mass is 9.99. The minimum atomic E-state index is -0.578. The first-order valence-electron chi connectivity index (χ1n) is 10.5. The van der Waals surface area contributed by atoms with Gasteiger partial charge in [-0.25, -0.2) is 4.98 Å². The van der Waals surface area contributed by atoms with Crippen molar-refractivity contribution in [2.75, 3.05) is 4.90 Å². The summed E-state index contributed by atoms with van der Waals surface area (Å²) >= 11 is 7.58. The van der Waals surface area contributed by atoms with Crippen molar-refractivity contribution in [2.24, 2.45) is 10.7 Å². The van der Waals surface area contributed by atoms with Crippen molar-refractivity contribution in [3.8, 4) is 11.8 Å². The van der Waals surface area contributed by atoms with E-state index in [0.717, 1.165) is 26.6 Å². The summed E-state index contributed by atoms with van der Waals surface area (Å²) in [4.78, 5) is 11.7. The third-order valence-electron chi connectivity index (χ3n) is 5.29. The van der Waals surface area contributed by atoms with Crippen molar-refractivity contribution >= 4 is 45.3 Å². The van der Waals surface area contributed by atoms with Crippen LogP contribution < -0.4 is 10.6 Å². The van der Waals surface area contributed by atoms with Gasteiger partial charge in [0, 0.05) is 34.5 Å². The maximum atomic E-state index is 8.92. The number of rotatable bonds is 3. The van der Waals surface area contributed by atoms with Gasteiger partial charge in [0.1, 0.15) is 28.4 Å². The highest BCUT2D eigenvalue weighted by Crippen LogP contribution is 2.40. The molecular formula is C26H23ClN6S. The second kappa shape index (κ2) is 9.64. The van der Waals surface area contributed by atoms with Gasteiger partial charge in [-0.15, -0.1) is 11.3 Å². The van der Waals surface area contributed by atoms with Crippen LogP contribution in [0.1, 0.15) is 40.6 Å². The van der Waals surface area contributed by atoms with Gasteiger partial charge >= 0.3 is 0 Å². The van der Waals surface area contributed by atoms with E-state index in [9.17, 15) is 0 Å². The average molecular weight is 487 g/mol. The van der Waals surface area contributed by atoms with Crippen molar-refractivity contribution in [2.45, 2.75) is 26.3 Å². The van der Waals surface area contributed by atoms with E-state index in [2.05, 4.69) is 23.4 Å². The number of anilines is 1. The number of nitrogens with two attached hydrogens (primary N) is 1. The molecule has 4 N–H and O–H groups in total. The smallest absolute Gasteiger partial charge is 0.132 e. The van der Waals surface area contributed by atoms with Crippen LogP contribution in [0.2, 0.25) is 5.02 Å². The molecule has 4 rings (SSSR count). The first-order valence-corrected chi connectivity index (χ1v) is 11.7. The van der Waals surface area contributed by atoms with Crippen LogP contribution in [-0.4, -0.2) is 28.4 Å². The number of halogens is 1. The number of hydrogen-bond acceptors (Lipinski definition) is 6. The molecule has 1 aromatic carbocycles. The summed E-state index contributed by atoms with van der Waals surface area (Å²) in [5.41, 5.74) is 10.4. The molecule has 0 saturated heterocycles. The fourth-order valence-electron chi connectivity index (χ4n) is 3.70. The molecule has 0 spiro atoms. The minimum absolute atomic E-state index is 0.176. The average Bonchev–Trinajstić information content (AvgIpc) is 3.05.